The highest BCUT2D eigenvalue weighted by Gasteiger charge is 2.29. The third-order valence-corrected chi connectivity index (χ3v) is 7.89. The number of hydrogen-bond donors (Lipinski definition) is 1. The van der Waals surface area contributed by atoms with Gasteiger partial charge in [-0.2, -0.15) is 0 Å². The molecule has 0 unspecified atom stereocenters. The summed E-state index contributed by atoms with van der Waals surface area (Å²) in [6, 6.07) is 14.1. The van der Waals surface area contributed by atoms with Crippen LogP contribution < -0.4 is 15.0 Å². The van der Waals surface area contributed by atoms with Crippen molar-refractivity contribution in [1.29, 1.82) is 0 Å². The lowest BCUT2D eigenvalue weighted by atomic mass is 10.0. The van der Waals surface area contributed by atoms with Crippen LogP contribution in [-0.4, -0.2) is 20.1 Å². The van der Waals surface area contributed by atoms with Crippen molar-refractivity contribution in [2.45, 2.75) is 4.90 Å². The minimum absolute atomic E-state index is 0.0292. The topological polar surface area (TPSA) is 77.4 Å². The number of methoxy groups -OCH3 is 1. The van der Waals surface area contributed by atoms with Gasteiger partial charge in [0.05, 0.1) is 23.2 Å². The fourth-order valence-corrected chi connectivity index (χ4v) is 5.48. The Balaban J connectivity index is 1.62. The fraction of sp³-hybridized carbons (Fsp3) is 0.0357. The Bertz CT molecular complexity index is 2040. The van der Waals surface area contributed by atoms with Gasteiger partial charge in [-0.15, -0.1) is 0 Å². The van der Waals surface area contributed by atoms with Gasteiger partial charge in [-0.1, -0.05) is 23.7 Å². The number of fused-ring (bicyclic) bond motifs is 1. The average Bonchev–Trinajstić information content (AvgIpc) is 2.97. The molecule has 1 heterocycles. The maximum atomic E-state index is 15.3. The van der Waals surface area contributed by atoms with Crippen LogP contribution in [0, 0.1) is 34.9 Å². The predicted octanol–water partition coefficient (Wildman–Crippen LogP) is 6.96. The molecule has 42 heavy (non-hydrogen) atoms. The summed E-state index contributed by atoms with van der Waals surface area (Å²) < 4.78 is 118. The summed E-state index contributed by atoms with van der Waals surface area (Å²) in [4.78, 5) is 12.3. The van der Waals surface area contributed by atoms with Crippen LogP contribution in [0.3, 0.4) is 0 Å². The van der Waals surface area contributed by atoms with E-state index >= 15 is 4.39 Å². The van der Waals surface area contributed by atoms with Crippen molar-refractivity contribution in [2.75, 3.05) is 11.8 Å². The van der Waals surface area contributed by atoms with E-state index < -0.39 is 61.1 Å². The van der Waals surface area contributed by atoms with E-state index in [1.165, 1.54) is 24.0 Å². The standard InChI is InChI=1S/C28H15ClF6N2O4S/c1-41-21-11-17(13-2-5-15(29)6-3-13)18(30)12-20(21)37-19-8-7-16(10-14(19)4-9-22(37)38)42(39,40)36-28-26(34)24(32)23(31)25(33)27(28)35/h2-12,36H,1H3. The number of nitrogens with zero attached hydrogens (tertiary/aromatic N) is 1. The molecule has 0 aliphatic heterocycles. The lowest BCUT2D eigenvalue weighted by Gasteiger charge is -2.17. The van der Waals surface area contributed by atoms with E-state index in [1.807, 2.05) is 0 Å². The lowest BCUT2D eigenvalue weighted by Crippen LogP contribution is -2.20. The number of benzene rings is 4. The molecule has 5 aromatic rings. The molecule has 1 N–H and O–H groups in total. The highest BCUT2D eigenvalue weighted by atomic mass is 35.5. The Hall–Kier alpha value is -4.49. The molecule has 216 valence electrons. The minimum Gasteiger partial charge on any atom is -0.495 e. The summed E-state index contributed by atoms with van der Waals surface area (Å²) in [6.45, 7) is 0. The van der Waals surface area contributed by atoms with Crippen molar-refractivity contribution < 1.29 is 39.5 Å². The lowest BCUT2D eigenvalue weighted by molar-refractivity contribution is 0.382. The molecule has 0 aliphatic rings. The smallest absolute Gasteiger partial charge is 0.262 e. The van der Waals surface area contributed by atoms with Crippen LogP contribution in [0.25, 0.3) is 27.7 Å². The van der Waals surface area contributed by atoms with Gasteiger partial charge in [-0.25, -0.2) is 34.8 Å². The minimum atomic E-state index is -4.91. The summed E-state index contributed by atoms with van der Waals surface area (Å²) in [5.74, 6) is -12.5. The Labute approximate surface area is 238 Å². The zero-order chi connectivity index (χ0) is 30.5. The van der Waals surface area contributed by atoms with Crippen LogP contribution in [0.15, 0.2) is 76.4 Å². The van der Waals surface area contributed by atoms with Crippen molar-refractivity contribution in [3.63, 3.8) is 0 Å². The molecule has 6 nitrogen and oxygen atoms in total. The number of rotatable bonds is 6. The summed E-state index contributed by atoms with van der Waals surface area (Å²) in [6.07, 6.45) is 0. The average molecular weight is 625 g/mol. The highest BCUT2D eigenvalue weighted by molar-refractivity contribution is 7.92. The molecule has 0 aliphatic carbocycles. The number of pyridine rings is 1. The number of nitrogens with one attached hydrogen (secondary N) is 1. The van der Waals surface area contributed by atoms with Gasteiger partial charge in [0.1, 0.15) is 17.3 Å². The van der Waals surface area contributed by atoms with E-state index in [1.54, 1.807) is 24.3 Å². The zero-order valence-electron chi connectivity index (χ0n) is 21.0. The summed E-state index contributed by atoms with van der Waals surface area (Å²) in [7, 11) is -3.61. The van der Waals surface area contributed by atoms with Crippen LogP contribution in [-0.2, 0) is 10.0 Å². The van der Waals surface area contributed by atoms with Crippen molar-refractivity contribution in [2.24, 2.45) is 0 Å². The molecule has 5 rings (SSSR count). The first-order valence-corrected chi connectivity index (χ1v) is 13.5. The van der Waals surface area contributed by atoms with Gasteiger partial charge in [-0.3, -0.25) is 14.1 Å². The number of hydrogen-bond acceptors (Lipinski definition) is 4. The van der Waals surface area contributed by atoms with E-state index in [0.29, 0.717) is 10.6 Å². The Kier molecular flexibility index (Phi) is 7.41. The van der Waals surface area contributed by atoms with Crippen molar-refractivity contribution in [3.8, 4) is 22.6 Å². The third-order valence-electron chi connectivity index (χ3n) is 6.29. The number of aromatic nitrogens is 1. The molecule has 0 bridgehead atoms. The molecule has 14 heteroatoms. The monoisotopic (exact) mass is 624 g/mol. The number of ether oxygens (including phenoxy) is 1. The second-order valence-corrected chi connectivity index (χ2v) is 10.9. The largest absolute Gasteiger partial charge is 0.495 e. The summed E-state index contributed by atoms with van der Waals surface area (Å²) in [5, 5.41) is 0.521. The first-order valence-electron chi connectivity index (χ1n) is 11.7. The molecule has 1 aromatic heterocycles. The third kappa shape index (κ3) is 4.94. The SMILES string of the molecule is COc1cc(-c2ccc(Cl)cc2)c(F)cc1-n1c(=O)ccc2cc(S(=O)(=O)Nc3c(F)c(F)c(F)c(F)c3F)ccc21. The first-order chi connectivity index (χ1) is 19.8. The number of anilines is 1. The molecule has 0 saturated carbocycles. The van der Waals surface area contributed by atoms with E-state index in [4.69, 9.17) is 16.3 Å². The van der Waals surface area contributed by atoms with Gasteiger partial charge in [0.2, 0.25) is 5.82 Å². The summed E-state index contributed by atoms with van der Waals surface area (Å²) >= 11 is 5.91. The van der Waals surface area contributed by atoms with Gasteiger partial charge in [0.25, 0.3) is 15.6 Å². The second kappa shape index (κ2) is 10.7. The van der Waals surface area contributed by atoms with Crippen LogP contribution in [0.5, 0.6) is 5.75 Å². The quantitative estimate of drug-likeness (QED) is 0.126. The molecule has 0 atom stereocenters. The van der Waals surface area contributed by atoms with Crippen LogP contribution in [0.2, 0.25) is 5.02 Å². The van der Waals surface area contributed by atoms with E-state index in [0.717, 1.165) is 34.9 Å². The molecule has 0 radical (unpaired) electrons. The van der Waals surface area contributed by atoms with E-state index in [2.05, 4.69) is 0 Å². The van der Waals surface area contributed by atoms with Crippen LogP contribution >= 0.6 is 11.6 Å². The molecular weight excluding hydrogens is 610 g/mol. The molecule has 0 fully saturated rings. The summed E-state index contributed by atoms with van der Waals surface area (Å²) in [5.41, 5.74) is -1.74. The van der Waals surface area contributed by atoms with Crippen molar-refractivity contribution in [3.05, 3.63) is 117 Å². The maximum absolute atomic E-state index is 15.3. The van der Waals surface area contributed by atoms with E-state index in [-0.39, 0.29) is 27.9 Å². The predicted molar refractivity (Wildman–Crippen MR) is 144 cm³/mol. The molecular formula is C28H15ClF6N2O4S. The van der Waals surface area contributed by atoms with Gasteiger partial charge < -0.3 is 4.74 Å². The van der Waals surface area contributed by atoms with Crippen molar-refractivity contribution in [1.82, 2.24) is 4.57 Å². The van der Waals surface area contributed by atoms with Gasteiger partial charge in [0, 0.05) is 28.1 Å². The van der Waals surface area contributed by atoms with Crippen molar-refractivity contribution >= 4 is 38.2 Å². The zero-order valence-corrected chi connectivity index (χ0v) is 22.6. The first kappa shape index (κ1) is 29.0. The second-order valence-electron chi connectivity index (χ2n) is 8.79. The number of sulfonamides is 1. The Morgan fingerprint density at radius 3 is 2.02 bits per heavy atom. The normalized spacial score (nSPS) is 11.6. The van der Waals surface area contributed by atoms with Gasteiger partial charge >= 0.3 is 0 Å². The number of halogens is 7. The molecule has 4 aromatic carbocycles. The maximum Gasteiger partial charge on any atom is 0.262 e. The fourth-order valence-electron chi connectivity index (χ4n) is 4.26. The van der Waals surface area contributed by atoms with Gasteiger partial charge in [0.15, 0.2) is 23.3 Å². The van der Waals surface area contributed by atoms with Crippen LogP contribution in [0.4, 0.5) is 32.0 Å². The molecule has 0 saturated heterocycles. The Morgan fingerprint density at radius 2 is 1.40 bits per heavy atom. The highest BCUT2D eigenvalue weighted by Crippen LogP contribution is 2.35. The van der Waals surface area contributed by atoms with Crippen LogP contribution in [0.1, 0.15) is 0 Å². The molecule has 0 amide bonds. The van der Waals surface area contributed by atoms with E-state index in [9.17, 15) is 35.2 Å². The van der Waals surface area contributed by atoms with Gasteiger partial charge in [-0.05, 0) is 48.0 Å². The Morgan fingerprint density at radius 1 is 0.786 bits per heavy atom. The molecule has 0 spiro atoms.